The molecule has 6 nitrogen and oxygen atoms in total. The maximum absolute atomic E-state index is 12.2. The lowest BCUT2D eigenvalue weighted by Gasteiger charge is -2.11. The molecule has 26 heavy (non-hydrogen) atoms. The van der Waals surface area contributed by atoms with Gasteiger partial charge in [0.2, 0.25) is 5.91 Å². The van der Waals surface area contributed by atoms with Crippen LogP contribution in [0.15, 0.2) is 48.5 Å². The van der Waals surface area contributed by atoms with Crippen LogP contribution in [-0.4, -0.2) is 23.5 Å². The number of carbonyl (C=O) groups is 2. The Morgan fingerprint density at radius 1 is 1.00 bits per heavy atom. The number of thiocarbonyl (C=S) groups is 1. The molecule has 0 atom stereocenters. The normalized spacial score (nSPS) is 9.92. The van der Waals surface area contributed by atoms with Crippen molar-refractivity contribution in [3.63, 3.8) is 0 Å². The van der Waals surface area contributed by atoms with Gasteiger partial charge in [0.05, 0.1) is 6.61 Å². The number of amides is 2. The van der Waals surface area contributed by atoms with Gasteiger partial charge in [0.1, 0.15) is 5.75 Å². The topological polar surface area (TPSA) is 79.5 Å². The molecule has 0 aliphatic rings. The van der Waals surface area contributed by atoms with Crippen molar-refractivity contribution in [2.75, 3.05) is 17.2 Å². The minimum atomic E-state index is -0.319. The Labute approximate surface area is 157 Å². The van der Waals surface area contributed by atoms with Gasteiger partial charge < -0.3 is 15.4 Å². The van der Waals surface area contributed by atoms with Gasteiger partial charge in [-0.05, 0) is 61.6 Å². The summed E-state index contributed by atoms with van der Waals surface area (Å²) >= 11 is 5.18. The summed E-state index contributed by atoms with van der Waals surface area (Å²) in [6, 6.07) is 13.9. The van der Waals surface area contributed by atoms with Crippen molar-refractivity contribution in [2.45, 2.75) is 20.3 Å². The van der Waals surface area contributed by atoms with Crippen molar-refractivity contribution >= 4 is 40.5 Å². The SMILES string of the molecule is CCOc1ccc(C(=O)NC(=S)Nc2cccc(NC(=O)CC)c2)cc1. The lowest BCUT2D eigenvalue weighted by Crippen LogP contribution is -2.34. The number of benzene rings is 2. The van der Waals surface area contributed by atoms with Crippen LogP contribution in [0, 0.1) is 0 Å². The van der Waals surface area contributed by atoms with Crippen LogP contribution >= 0.6 is 12.2 Å². The molecule has 2 amide bonds. The second-order valence-electron chi connectivity index (χ2n) is 5.35. The van der Waals surface area contributed by atoms with Crippen LogP contribution in [0.2, 0.25) is 0 Å². The van der Waals surface area contributed by atoms with Gasteiger partial charge in [-0.1, -0.05) is 13.0 Å². The summed E-state index contributed by atoms with van der Waals surface area (Å²) < 4.78 is 5.35. The predicted octanol–water partition coefficient (Wildman–Crippen LogP) is 3.56. The molecule has 0 spiro atoms. The maximum Gasteiger partial charge on any atom is 0.257 e. The number of nitrogens with one attached hydrogen (secondary N) is 3. The van der Waals surface area contributed by atoms with Crippen LogP contribution in [0.3, 0.4) is 0 Å². The summed E-state index contributed by atoms with van der Waals surface area (Å²) in [7, 11) is 0. The molecule has 0 saturated carbocycles. The zero-order valence-corrected chi connectivity index (χ0v) is 15.5. The Kier molecular flexibility index (Phi) is 7.11. The Morgan fingerprint density at radius 3 is 2.27 bits per heavy atom. The van der Waals surface area contributed by atoms with Crippen LogP contribution in [0.5, 0.6) is 5.75 Å². The van der Waals surface area contributed by atoms with E-state index in [2.05, 4.69) is 16.0 Å². The third-order valence-corrected chi connectivity index (χ3v) is 3.58. The van der Waals surface area contributed by atoms with Gasteiger partial charge in [0.15, 0.2) is 5.11 Å². The minimum Gasteiger partial charge on any atom is -0.494 e. The second-order valence-corrected chi connectivity index (χ2v) is 5.76. The molecule has 0 unspecified atom stereocenters. The number of hydrogen-bond donors (Lipinski definition) is 3. The maximum atomic E-state index is 12.2. The van der Waals surface area contributed by atoms with Crippen molar-refractivity contribution < 1.29 is 14.3 Å². The van der Waals surface area contributed by atoms with E-state index >= 15 is 0 Å². The van der Waals surface area contributed by atoms with Crippen LogP contribution in [0.4, 0.5) is 11.4 Å². The molecule has 0 bridgehead atoms. The fourth-order valence-electron chi connectivity index (χ4n) is 2.13. The van der Waals surface area contributed by atoms with E-state index in [1.807, 2.05) is 6.92 Å². The van der Waals surface area contributed by atoms with E-state index in [9.17, 15) is 9.59 Å². The Balaban J connectivity index is 1.94. The smallest absolute Gasteiger partial charge is 0.257 e. The summed E-state index contributed by atoms with van der Waals surface area (Å²) in [6.45, 7) is 4.24. The highest BCUT2D eigenvalue weighted by molar-refractivity contribution is 7.80. The molecular weight excluding hydrogens is 350 g/mol. The molecule has 0 fully saturated rings. The molecule has 0 radical (unpaired) electrons. The standard InChI is InChI=1S/C19H21N3O3S/c1-3-17(23)20-14-6-5-7-15(12-14)21-19(26)22-18(24)13-8-10-16(11-9-13)25-4-2/h5-12H,3-4H2,1-2H3,(H,20,23)(H2,21,22,24,26). The molecule has 0 saturated heterocycles. The third kappa shape index (κ3) is 5.86. The molecule has 0 heterocycles. The van der Waals surface area contributed by atoms with E-state index in [-0.39, 0.29) is 16.9 Å². The molecule has 2 aromatic rings. The lowest BCUT2D eigenvalue weighted by molar-refractivity contribution is -0.115. The van der Waals surface area contributed by atoms with Gasteiger partial charge in [0, 0.05) is 23.4 Å². The number of carbonyl (C=O) groups excluding carboxylic acids is 2. The number of anilines is 2. The minimum absolute atomic E-state index is 0.0754. The highest BCUT2D eigenvalue weighted by atomic mass is 32.1. The number of hydrogen-bond acceptors (Lipinski definition) is 4. The average molecular weight is 371 g/mol. The molecule has 2 aromatic carbocycles. The van der Waals surface area contributed by atoms with Crippen LogP contribution in [0.1, 0.15) is 30.6 Å². The number of ether oxygens (including phenoxy) is 1. The zero-order valence-electron chi connectivity index (χ0n) is 14.7. The van der Waals surface area contributed by atoms with Gasteiger partial charge in [-0.15, -0.1) is 0 Å². The quantitative estimate of drug-likeness (QED) is 0.677. The van der Waals surface area contributed by atoms with Crippen LogP contribution in [-0.2, 0) is 4.79 Å². The second kappa shape index (κ2) is 9.53. The van der Waals surface area contributed by atoms with Crippen molar-refractivity contribution in [1.82, 2.24) is 5.32 Å². The van der Waals surface area contributed by atoms with Crippen molar-refractivity contribution in [2.24, 2.45) is 0 Å². The number of rotatable bonds is 6. The van der Waals surface area contributed by atoms with E-state index in [0.29, 0.717) is 35.7 Å². The summed E-state index contributed by atoms with van der Waals surface area (Å²) in [5.74, 6) is 0.310. The highest BCUT2D eigenvalue weighted by Gasteiger charge is 2.09. The molecule has 7 heteroatoms. The summed E-state index contributed by atoms with van der Waals surface area (Å²) in [5.41, 5.74) is 1.79. The Morgan fingerprint density at radius 2 is 1.65 bits per heavy atom. The van der Waals surface area contributed by atoms with Gasteiger partial charge in [0.25, 0.3) is 5.91 Å². The molecule has 0 aromatic heterocycles. The molecule has 0 aliphatic heterocycles. The van der Waals surface area contributed by atoms with Gasteiger partial charge in [-0.2, -0.15) is 0 Å². The zero-order chi connectivity index (χ0) is 18.9. The van der Waals surface area contributed by atoms with E-state index in [0.717, 1.165) is 0 Å². The van der Waals surface area contributed by atoms with E-state index < -0.39 is 0 Å². The monoisotopic (exact) mass is 371 g/mol. The van der Waals surface area contributed by atoms with Gasteiger partial charge >= 0.3 is 0 Å². The van der Waals surface area contributed by atoms with Crippen molar-refractivity contribution in [1.29, 1.82) is 0 Å². The van der Waals surface area contributed by atoms with Crippen LogP contribution in [0.25, 0.3) is 0 Å². The predicted molar refractivity (Wildman–Crippen MR) is 107 cm³/mol. The van der Waals surface area contributed by atoms with E-state index in [1.165, 1.54) is 0 Å². The van der Waals surface area contributed by atoms with E-state index in [4.69, 9.17) is 17.0 Å². The molecular formula is C19H21N3O3S. The summed E-state index contributed by atoms with van der Waals surface area (Å²) in [4.78, 5) is 23.7. The van der Waals surface area contributed by atoms with Crippen molar-refractivity contribution in [3.05, 3.63) is 54.1 Å². The van der Waals surface area contributed by atoms with Crippen molar-refractivity contribution in [3.8, 4) is 5.75 Å². The third-order valence-electron chi connectivity index (χ3n) is 3.38. The first kappa shape index (κ1) is 19.4. The first-order chi connectivity index (χ1) is 12.5. The van der Waals surface area contributed by atoms with E-state index in [1.54, 1.807) is 55.5 Å². The summed E-state index contributed by atoms with van der Waals surface area (Å²) in [6.07, 6.45) is 0.397. The molecule has 3 N–H and O–H groups in total. The van der Waals surface area contributed by atoms with Gasteiger partial charge in [-0.25, -0.2) is 0 Å². The molecule has 136 valence electrons. The first-order valence-corrected chi connectivity index (χ1v) is 8.67. The van der Waals surface area contributed by atoms with Gasteiger partial charge in [-0.3, -0.25) is 14.9 Å². The molecule has 0 aliphatic carbocycles. The average Bonchev–Trinajstić information content (AvgIpc) is 2.62. The first-order valence-electron chi connectivity index (χ1n) is 8.27. The highest BCUT2D eigenvalue weighted by Crippen LogP contribution is 2.16. The Hall–Kier alpha value is -2.93. The molecule has 2 rings (SSSR count). The van der Waals surface area contributed by atoms with Crippen LogP contribution < -0.4 is 20.7 Å². The fraction of sp³-hybridized carbons (Fsp3) is 0.211. The largest absolute Gasteiger partial charge is 0.494 e. The summed E-state index contributed by atoms with van der Waals surface area (Å²) in [5, 5.41) is 8.49. The Bertz CT molecular complexity index is 791. The lowest BCUT2D eigenvalue weighted by atomic mass is 10.2. The fourth-order valence-corrected chi connectivity index (χ4v) is 2.34.